The zero-order valence-corrected chi connectivity index (χ0v) is 8.45. The summed E-state index contributed by atoms with van der Waals surface area (Å²) in [5.41, 5.74) is 9.44. The van der Waals surface area contributed by atoms with Gasteiger partial charge in [-0.05, 0) is 17.7 Å². The molecule has 2 rings (SSSR count). The molecule has 76 valence electrons. The molecule has 0 saturated heterocycles. The van der Waals surface area contributed by atoms with Gasteiger partial charge >= 0.3 is 0 Å². The third kappa shape index (κ3) is 1.75. The van der Waals surface area contributed by atoms with E-state index < -0.39 is 0 Å². The monoisotopic (exact) mass is 221 g/mol. The van der Waals surface area contributed by atoms with Gasteiger partial charge < -0.3 is 10.6 Å². The van der Waals surface area contributed by atoms with Crippen molar-refractivity contribution in [2.45, 2.75) is 6.04 Å². The predicted octanol–water partition coefficient (Wildman–Crippen LogP) is 1.61. The van der Waals surface area contributed by atoms with Crippen molar-refractivity contribution in [3.63, 3.8) is 0 Å². The Hall–Kier alpha value is -1.70. The molecule has 15 heavy (non-hydrogen) atoms. The number of halogens is 1. The summed E-state index contributed by atoms with van der Waals surface area (Å²) in [7, 11) is 0. The fourth-order valence-electron chi connectivity index (χ4n) is 1.39. The van der Waals surface area contributed by atoms with Crippen molar-refractivity contribution in [3.05, 3.63) is 46.3 Å². The zero-order chi connectivity index (χ0) is 10.8. The number of benzene rings is 1. The number of hydroxylamine groups is 1. The number of nitriles is 1. The Bertz CT molecular complexity index is 447. The number of hydrogen-bond donors (Lipinski definition) is 2. The maximum absolute atomic E-state index is 8.89. The molecule has 0 bridgehead atoms. The van der Waals surface area contributed by atoms with E-state index in [2.05, 4.69) is 5.48 Å². The molecule has 4 nitrogen and oxygen atoms in total. The highest BCUT2D eigenvalue weighted by Crippen LogP contribution is 2.28. The second kappa shape index (κ2) is 3.81. The van der Waals surface area contributed by atoms with Crippen LogP contribution in [0, 0.1) is 11.3 Å². The van der Waals surface area contributed by atoms with E-state index >= 15 is 0 Å². The molecule has 0 amide bonds. The number of nitrogens with two attached hydrogens (primary N) is 1. The summed E-state index contributed by atoms with van der Waals surface area (Å²) in [6.07, 6.45) is 0. The van der Waals surface area contributed by atoms with E-state index in [1.54, 1.807) is 12.1 Å². The van der Waals surface area contributed by atoms with Crippen LogP contribution in [0.5, 0.6) is 0 Å². The van der Waals surface area contributed by atoms with Crippen molar-refractivity contribution in [1.82, 2.24) is 5.48 Å². The fraction of sp³-hybridized carbons (Fsp3) is 0.100. The van der Waals surface area contributed by atoms with E-state index in [1.165, 1.54) is 0 Å². The first kappa shape index (κ1) is 9.84. The molecular weight excluding hydrogens is 214 g/mol. The smallest absolute Gasteiger partial charge is 0.225 e. The van der Waals surface area contributed by atoms with Gasteiger partial charge in [0.15, 0.2) is 0 Å². The lowest BCUT2D eigenvalue weighted by molar-refractivity contribution is 0.114. The molecule has 1 unspecified atom stereocenters. The van der Waals surface area contributed by atoms with E-state index in [-0.39, 0.29) is 11.9 Å². The lowest BCUT2D eigenvalue weighted by Gasteiger charge is -2.08. The highest BCUT2D eigenvalue weighted by atomic mass is 35.5. The van der Waals surface area contributed by atoms with Crippen molar-refractivity contribution in [2.24, 2.45) is 5.73 Å². The standard InChI is InChI=1S/C10H8ClN3O/c11-7-3-1-6(2-4-7)9-8(5-12)10(13)15-14-9/h1-4,9,14H,13H2. The van der Waals surface area contributed by atoms with Gasteiger partial charge in [-0.1, -0.05) is 23.7 Å². The third-order valence-corrected chi connectivity index (χ3v) is 2.42. The summed E-state index contributed by atoms with van der Waals surface area (Å²) in [4.78, 5) is 4.91. The second-order valence-electron chi connectivity index (χ2n) is 3.09. The molecule has 3 N–H and O–H groups in total. The quantitative estimate of drug-likeness (QED) is 0.756. The predicted molar refractivity (Wildman–Crippen MR) is 55.2 cm³/mol. The van der Waals surface area contributed by atoms with E-state index in [1.807, 2.05) is 18.2 Å². The molecule has 0 radical (unpaired) electrons. The van der Waals surface area contributed by atoms with Crippen LogP contribution in [0.3, 0.4) is 0 Å². The first-order valence-electron chi connectivity index (χ1n) is 4.30. The first-order valence-corrected chi connectivity index (χ1v) is 4.67. The van der Waals surface area contributed by atoms with Crippen LogP contribution in [0.25, 0.3) is 0 Å². The summed E-state index contributed by atoms with van der Waals surface area (Å²) >= 11 is 5.76. The van der Waals surface area contributed by atoms with Crippen molar-refractivity contribution < 1.29 is 4.84 Å². The van der Waals surface area contributed by atoms with E-state index in [0.717, 1.165) is 5.56 Å². The largest absolute Gasteiger partial charge is 0.389 e. The van der Waals surface area contributed by atoms with Crippen molar-refractivity contribution in [1.29, 1.82) is 5.26 Å². The minimum atomic E-state index is -0.313. The van der Waals surface area contributed by atoms with Crippen LogP contribution in [0.2, 0.25) is 5.02 Å². The van der Waals surface area contributed by atoms with Crippen molar-refractivity contribution in [2.75, 3.05) is 0 Å². The average molecular weight is 222 g/mol. The zero-order valence-electron chi connectivity index (χ0n) is 7.70. The molecule has 1 aromatic rings. The number of nitrogens with zero attached hydrogens (tertiary/aromatic N) is 1. The van der Waals surface area contributed by atoms with Gasteiger partial charge in [-0.3, -0.25) is 0 Å². The summed E-state index contributed by atoms with van der Waals surface area (Å²) in [6, 6.07) is 8.84. The maximum atomic E-state index is 8.89. The van der Waals surface area contributed by atoms with E-state index in [4.69, 9.17) is 27.4 Å². The number of nitrogens with one attached hydrogen (secondary N) is 1. The topological polar surface area (TPSA) is 71.1 Å². The van der Waals surface area contributed by atoms with Crippen LogP contribution < -0.4 is 11.2 Å². The van der Waals surface area contributed by atoms with Crippen LogP contribution in [-0.4, -0.2) is 0 Å². The second-order valence-corrected chi connectivity index (χ2v) is 3.53. The molecular formula is C10H8ClN3O. The van der Waals surface area contributed by atoms with E-state index in [9.17, 15) is 0 Å². The summed E-state index contributed by atoms with van der Waals surface area (Å²) < 4.78 is 0. The van der Waals surface area contributed by atoms with Gasteiger partial charge in [-0.25, -0.2) is 0 Å². The van der Waals surface area contributed by atoms with Gasteiger partial charge in [0.1, 0.15) is 17.7 Å². The van der Waals surface area contributed by atoms with Gasteiger partial charge in [0.2, 0.25) is 5.88 Å². The first-order chi connectivity index (χ1) is 7.22. The molecule has 1 aliphatic heterocycles. The molecule has 0 saturated carbocycles. The van der Waals surface area contributed by atoms with Crippen molar-refractivity contribution in [3.8, 4) is 6.07 Å². The Labute approximate surface area is 91.8 Å². The lowest BCUT2D eigenvalue weighted by Crippen LogP contribution is -2.15. The van der Waals surface area contributed by atoms with Gasteiger partial charge in [0.25, 0.3) is 0 Å². The SMILES string of the molecule is N#CC1=C(N)ONC1c1ccc(Cl)cc1. The summed E-state index contributed by atoms with van der Waals surface area (Å²) in [5.74, 6) is 0.123. The average Bonchev–Trinajstić information content (AvgIpc) is 2.61. The Morgan fingerprint density at radius 1 is 1.40 bits per heavy atom. The minimum Gasteiger partial charge on any atom is -0.389 e. The minimum absolute atomic E-state index is 0.123. The van der Waals surface area contributed by atoms with Gasteiger partial charge in [-0.2, -0.15) is 5.26 Å². The Kier molecular flexibility index (Phi) is 2.50. The van der Waals surface area contributed by atoms with Crippen molar-refractivity contribution >= 4 is 11.6 Å². The summed E-state index contributed by atoms with van der Waals surface area (Å²) in [5, 5.41) is 9.54. The highest BCUT2D eigenvalue weighted by molar-refractivity contribution is 6.30. The van der Waals surface area contributed by atoms with Crippen LogP contribution in [0.4, 0.5) is 0 Å². The molecule has 0 fully saturated rings. The van der Waals surface area contributed by atoms with Crippen LogP contribution >= 0.6 is 11.6 Å². The number of rotatable bonds is 1. The fourth-order valence-corrected chi connectivity index (χ4v) is 1.51. The van der Waals surface area contributed by atoms with Gasteiger partial charge in [0.05, 0.1) is 0 Å². The lowest BCUT2D eigenvalue weighted by atomic mass is 10.0. The molecule has 0 aliphatic carbocycles. The Morgan fingerprint density at radius 3 is 2.67 bits per heavy atom. The Balaban J connectivity index is 2.34. The van der Waals surface area contributed by atoms with Gasteiger partial charge in [-0.15, -0.1) is 5.48 Å². The third-order valence-electron chi connectivity index (χ3n) is 2.16. The Morgan fingerprint density at radius 2 is 2.07 bits per heavy atom. The molecule has 0 spiro atoms. The normalized spacial score (nSPS) is 19.9. The van der Waals surface area contributed by atoms with E-state index in [0.29, 0.717) is 10.6 Å². The molecule has 0 aromatic heterocycles. The maximum Gasteiger partial charge on any atom is 0.225 e. The molecule has 1 atom stereocenters. The molecule has 5 heteroatoms. The summed E-state index contributed by atoms with van der Waals surface area (Å²) in [6.45, 7) is 0. The van der Waals surface area contributed by atoms with Crippen LogP contribution in [0.1, 0.15) is 11.6 Å². The molecule has 1 aliphatic rings. The number of hydrogen-bond acceptors (Lipinski definition) is 4. The van der Waals surface area contributed by atoms with Crippen LogP contribution in [0.15, 0.2) is 35.7 Å². The molecule has 1 aromatic carbocycles. The van der Waals surface area contributed by atoms with Gasteiger partial charge in [0, 0.05) is 5.02 Å². The van der Waals surface area contributed by atoms with Crippen LogP contribution in [-0.2, 0) is 4.84 Å². The highest BCUT2D eigenvalue weighted by Gasteiger charge is 2.27. The molecule has 1 heterocycles.